The Kier molecular flexibility index (Phi) is 8.98. The van der Waals surface area contributed by atoms with Gasteiger partial charge in [-0.1, -0.05) is 67.5 Å². The van der Waals surface area contributed by atoms with Crippen LogP contribution in [0, 0.1) is 19.8 Å². The first-order valence-corrected chi connectivity index (χ1v) is 12.6. The zero-order chi connectivity index (χ0) is 24.7. The van der Waals surface area contributed by atoms with Gasteiger partial charge >= 0.3 is 0 Å². The second-order valence-corrected chi connectivity index (χ2v) is 9.83. The Hall–Kier alpha value is -3.00. The average molecular weight is 457 g/mol. The molecule has 0 radical (unpaired) electrons. The molecule has 0 aromatic heterocycles. The van der Waals surface area contributed by atoms with Gasteiger partial charge in [0.25, 0.3) is 0 Å². The number of aryl methyl sites for hydroxylation is 2. The number of aliphatic hydroxyl groups is 1. The van der Waals surface area contributed by atoms with Crippen molar-refractivity contribution in [1.29, 1.82) is 0 Å². The fraction of sp³-hybridized carbons (Fsp3) is 0.375. The first kappa shape index (κ1) is 25.6. The highest BCUT2D eigenvalue weighted by Gasteiger charge is 2.12. The molecule has 0 spiro atoms. The Labute approximate surface area is 206 Å². The molecule has 2 N–H and O–H groups in total. The Morgan fingerprint density at radius 3 is 2.32 bits per heavy atom. The monoisotopic (exact) mass is 456 g/mol. The predicted molar refractivity (Wildman–Crippen MR) is 144 cm³/mol. The van der Waals surface area contributed by atoms with Crippen LogP contribution in [0.5, 0.6) is 5.75 Å². The summed E-state index contributed by atoms with van der Waals surface area (Å²) in [5.74, 6) is 1.35. The molecule has 2 aromatic carbocycles. The van der Waals surface area contributed by atoms with Crippen molar-refractivity contribution in [2.75, 3.05) is 0 Å². The van der Waals surface area contributed by atoms with Crippen LogP contribution in [-0.4, -0.2) is 10.2 Å². The SMILES string of the molecule is CCC(C)/C(C)=C(\C=C\CC1=CC=C(O)CC1)Cc1cc(Cc2ccc(O)cc2)c(C)cc1C. The third kappa shape index (κ3) is 7.00. The summed E-state index contributed by atoms with van der Waals surface area (Å²) < 4.78 is 0. The summed E-state index contributed by atoms with van der Waals surface area (Å²) in [6.07, 6.45) is 14.1. The van der Waals surface area contributed by atoms with Crippen molar-refractivity contribution >= 4 is 0 Å². The lowest BCUT2D eigenvalue weighted by atomic mass is 9.88. The molecule has 0 aliphatic heterocycles. The molecule has 2 heteroatoms. The molecule has 2 aromatic rings. The molecule has 1 unspecified atom stereocenters. The largest absolute Gasteiger partial charge is 0.512 e. The minimum Gasteiger partial charge on any atom is -0.512 e. The first-order valence-electron chi connectivity index (χ1n) is 12.6. The van der Waals surface area contributed by atoms with Crippen LogP contribution in [0.4, 0.5) is 0 Å². The van der Waals surface area contributed by atoms with Crippen molar-refractivity contribution in [1.82, 2.24) is 0 Å². The molecule has 0 fully saturated rings. The van der Waals surface area contributed by atoms with E-state index >= 15 is 0 Å². The summed E-state index contributed by atoms with van der Waals surface area (Å²) in [7, 11) is 0. The van der Waals surface area contributed by atoms with Crippen molar-refractivity contribution < 1.29 is 10.2 Å². The minimum absolute atomic E-state index is 0.309. The van der Waals surface area contributed by atoms with Crippen LogP contribution in [-0.2, 0) is 12.8 Å². The molecule has 0 saturated heterocycles. The molecule has 34 heavy (non-hydrogen) atoms. The van der Waals surface area contributed by atoms with Crippen LogP contribution in [0.3, 0.4) is 0 Å². The zero-order valence-corrected chi connectivity index (χ0v) is 21.5. The number of aromatic hydroxyl groups is 1. The van der Waals surface area contributed by atoms with E-state index in [0.717, 1.165) is 38.5 Å². The van der Waals surface area contributed by atoms with Crippen LogP contribution < -0.4 is 0 Å². The molecule has 0 amide bonds. The van der Waals surface area contributed by atoms with Gasteiger partial charge in [-0.15, -0.1) is 0 Å². The quantitative estimate of drug-likeness (QED) is 0.371. The molecule has 2 nitrogen and oxygen atoms in total. The van der Waals surface area contributed by atoms with Crippen molar-refractivity contribution in [3.63, 3.8) is 0 Å². The molecular formula is C32H40O2. The summed E-state index contributed by atoms with van der Waals surface area (Å²) in [6, 6.07) is 12.2. The van der Waals surface area contributed by atoms with Gasteiger partial charge in [0.05, 0.1) is 5.76 Å². The molecule has 1 aliphatic rings. The fourth-order valence-corrected chi connectivity index (χ4v) is 4.51. The molecular weight excluding hydrogens is 416 g/mol. The molecule has 0 heterocycles. The van der Waals surface area contributed by atoms with Gasteiger partial charge in [0.1, 0.15) is 5.75 Å². The number of benzene rings is 2. The maximum Gasteiger partial charge on any atom is 0.115 e. The van der Waals surface area contributed by atoms with E-state index in [2.05, 4.69) is 65.0 Å². The smallest absolute Gasteiger partial charge is 0.115 e. The van der Waals surface area contributed by atoms with Gasteiger partial charge in [-0.05, 0) is 110 Å². The number of hydrogen-bond donors (Lipinski definition) is 2. The highest BCUT2D eigenvalue weighted by molar-refractivity contribution is 5.44. The van der Waals surface area contributed by atoms with Crippen molar-refractivity contribution in [3.05, 3.63) is 111 Å². The van der Waals surface area contributed by atoms with Crippen molar-refractivity contribution in [3.8, 4) is 5.75 Å². The predicted octanol–water partition coefficient (Wildman–Crippen LogP) is 8.61. The first-order chi connectivity index (χ1) is 16.3. The summed E-state index contributed by atoms with van der Waals surface area (Å²) in [5, 5.41) is 19.2. The van der Waals surface area contributed by atoms with E-state index in [1.807, 2.05) is 18.2 Å². The zero-order valence-electron chi connectivity index (χ0n) is 21.5. The minimum atomic E-state index is 0.309. The maximum atomic E-state index is 9.62. The second kappa shape index (κ2) is 11.9. The third-order valence-electron chi connectivity index (χ3n) is 7.28. The van der Waals surface area contributed by atoms with E-state index in [1.165, 1.54) is 44.5 Å². The van der Waals surface area contributed by atoms with E-state index in [0.29, 0.717) is 17.4 Å². The number of phenols is 1. The molecule has 1 aliphatic carbocycles. The normalized spacial score (nSPS) is 15.7. The number of hydrogen-bond acceptors (Lipinski definition) is 2. The number of allylic oxidation sites excluding steroid dienone is 8. The van der Waals surface area contributed by atoms with Gasteiger partial charge in [-0.3, -0.25) is 0 Å². The highest BCUT2D eigenvalue weighted by atomic mass is 16.3. The van der Waals surface area contributed by atoms with Gasteiger partial charge in [-0.25, -0.2) is 0 Å². The topological polar surface area (TPSA) is 40.5 Å². The van der Waals surface area contributed by atoms with Crippen LogP contribution >= 0.6 is 0 Å². The Morgan fingerprint density at radius 1 is 0.971 bits per heavy atom. The average Bonchev–Trinajstić information content (AvgIpc) is 2.82. The van der Waals surface area contributed by atoms with Crippen LogP contribution in [0.2, 0.25) is 0 Å². The Bertz CT molecular complexity index is 1110. The van der Waals surface area contributed by atoms with Crippen LogP contribution in [0.15, 0.2) is 83.2 Å². The lowest BCUT2D eigenvalue weighted by molar-refractivity contribution is 0.385. The fourth-order valence-electron chi connectivity index (χ4n) is 4.51. The van der Waals surface area contributed by atoms with E-state index in [4.69, 9.17) is 0 Å². The van der Waals surface area contributed by atoms with Gasteiger partial charge in [0, 0.05) is 6.42 Å². The lowest BCUT2D eigenvalue weighted by Gasteiger charge is -2.18. The van der Waals surface area contributed by atoms with Crippen LogP contribution in [0.25, 0.3) is 0 Å². The van der Waals surface area contributed by atoms with E-state index in [1.54, 1.807) is 12.1 Å². The van der Waals surface area contributed by atoms with E-state index in [-0.39, 0.29) is 0 Å². The molecule has 180 valence electrons. The number of phenolic OH excluding ortho intramolecular Hbond substituents is 1. The summed E-state index contributed by atoms with van der Waals surface area (Å²) in [6.45, 7) is 11.3. The summed E-state index contributed by atoms with van der Waals surface area (Å²) >= 11 is 0. The van der Waals surface area contributed by atoms with Gasteiger partial charge in [-0.2, -0.15) is 0 Å². The highest BCUT2D eigenvalue weighted by Crippen LogP contribution is 2.27. The van der Waals surface area contributed by atoms with Gasteiger partial charge < -0.3 is 10.2 Å². The second-order valence-electron chi connectivity index (χ2n) is 9.83. The Balaban J connectivity index is 1.86. The van der Waals surface area contributed by atoms with Crippen molar-refractivity contribution in [2.24, 2.45) is 5.92 Å². The molecule has 0 bridgehead atoms. The van der Waals surface area contributed by atoms with Crippen molar-refractivity contribution in [2.45, 2.75) is 73.1 Å². The standard InChI is InChI=1S/C32H40O2/c1-6-22(2)25(5)28(9-7-8-26-10-14-31(33)15-11-26)20-30-21-29(23(3)18-24(30)4)19-27-12-16-32(34)17-13-27/h7,9-10,12-14,16-18,21-22,33-34H,6,8,11,15,19-20H2,1-5H3/b9-7+,28-25+. The molecule has 3 rings (SSSR count). The van der Waals surface area contributed by atoms with E-state index in [9.17, 15) is 10.2 Å². The summed E-state index contributed by atoms with van der Waals surface area (Å²) in [4.78, 5) is 0. The maximum absolute atomic E-state index is 9.62. The number of aliphatic hydroxyl groups excluding tert-OH is 1. The van der Waals surface area contributed by atoms with Crippen LogP contribution in [0.1, 0.15) is 74.3 Å². The molecule has 1 atom stereocenters. The third-order valence-corrected chi connectivity index (χ3v) is 7.28. The summed E-state index contributed by atoms with van der Waals surface area (Å²) in [5.41, 5.74) is 10.8. The number of rotatable bonds is 9. The van der Waals surface area contributed by atoms with E-state index < -0.39 is 0 Å². The van der Waals surface area contributed by atoms with Gasteiger partial charge in [0.15, 0.2) is 0 Å². The Morgan fingerprint density at radius 2 is 1.68 bits per heavy atom. The lowest BCUT2D eigenvalue weighted by Crippen LogP contribution is -2.03. The molecule has 0 saturated carbocycles. The van der Waals surface area contributed by atoms with Gasteiger partial charge in [0.2, 0.25) is 0 Å².